The molecule has 4 aliphatic rings. The van der Waals surface area contributed by atoms with Crippen molar-refractivity contribution in [3.63, 3.8) is 0 Å². The van der Waals surface area contributed by atoms with E-state index in [0.29, 0.717) is 42.7 Å². The first kappa shape index (κ1) is 40.3. The van der Waals surface area contributed by atoms with Gasteiger partial charge in [-0.2, -0.15) is 0 Å². The van der Waals surface area contributed by atoms with E-state index in [0.717, 1.165) is 11.8 Å². The van der Waals surface area contributed by atoms with E-state index in [-0.39, 0.29) is 31.4 Å². The van der Waals surface area contributed by atoms with Gasteiger partial charge in [-0.1, -0.05) is 26.0 Å². The Kier molecular flexibility index (Phi) is 11.2. The Morgan fingerprint density at radius 1 is 1.11 bits per heavy atom. The zero-order valence-corrected chi connectivity index (χ0v) is 33.6. The number of benzene rings is 1. The number of nitrogens with zero attached hydrogens (tertiary/aromatic N) is 3. The van der Waals surface area contributed by atoms with E-state index in [1.165, 1.54) is 9.80 Å². The summed E-state index contributed by atoms with van der Waals surface area (Å²) in [4.78, 5) is 63.4. The number of ether oxygens (including phenoxy) is 2. The number of hydrogen-bond donors (Lipinski definition) is 3. The third kappa shape index (κ3) is 8.71. The fourth-order valence-electron chi connectivity index (χ4n) is 8.19. The highest BCUT2D eigenvalue weighted by Gasteiger charge is 2.62. The summed E-state index contributed by atoms with van der Waals surface area (Å²) in [5, 5.41) is 14.3. The second kappa shape index (κ2) is 15.3. The van der Waals surface area contributed by atoms with Gasteiger partial charge in [-0.05, 0) is 115 Å². The molecule has 6 rings (SSSR count). The lowest BCUT2D eigenvalue weighted by Gasteiger charge is -2.43. The normalized spacial score (nSPS) is 29.6. The molecule has 1 saturated heterocycles. The smallest absolute Gasteiger partial charge is 0.408 e. The van der Waals surface area contributed by atoms with Gasteiger partial charge in [-0.25, -0.2) is 18.2 Å². The number of nitrogens with one attached hydrogen (secondary N) is 2. The lowest BCUT2D eigenvalue weighted by atomic mass is 9.85. The number of fused-ring (bicyclic) bond motifs is 3. The SMILES string of the molecule is CC(C)Oc1ccc2c(O[C@@H]3C[C@H]4C(=O)N[C@]5(C(=O)NS(=O)(=O)C6CC6)C[C@H]5/C=C\CC[C@@H](C)C[C@@H](C)[C@H](N(C(=O)O)C(C)(C)C)C(=O)N4C3)nccc2c1. The highest BCUT2D eigenvalue weighted by Crippen LogP contribution is 2.46. The van der Waals surface area contributed by atoms with Gasteiger partial charge < -0.3 is 24.8 Å². The molecule has 0 radical (unpaired) electrons. The maximum Gasteiger partial charge on any atom is 0.408 e. The Morgan fingerprint density at radius 3 is 2.49 bits per heavy atom. The largest absolute Gasteiger partial charge is 0.491 e. The van der Waals surface area contributed by atoms with Crippen LogP contribution in [0.15, 0.2) is 42.6 Å². The van der Waals surface area contributed by atoms with E-state index < -0.39 is 80.2 Å². The third-order valence-electron chi connectivity index (χ3n) is 11.1. The molecule has 3 fully saturated rings. The molecule has 14 nitrogen and oxygen atoms in total. The standard InChI is InChI=1S/C40H55N5O9S/c1-23(2)53-28-12-15-31-26(19-28)16-17-41-35(31)54-29-20-32-34(46)42-40(37(48)43-55(51,52)30-13-14-30)21-27(40)11-9-8-10-24(3)18-25(4)33(36(47)44(32)22-29)45(38(49)50)39(5,6)7/h9,11-12,15-17,19,23-25,27,29-30,32-33H,8,10,13-14,18,20-22H2,1-7H3,(H,42,46)(H,43,48)(H,49,50)/b11-9-/t24-,25-,27-,29-,32+,33+,40-/m1/s1. The second-order valence-electron chi connectivity index (χ2n) is 17.2. The monoisotopic (exact) mass is 781 g/mol. The van der Waals surface area contributed by atoms with E-state index in [2.05, 4.69) is 21.9 Å². The van der Waals surface area contributed by atoms with Crippen LogP contribution in [0, 0.1) is 17.8 Å². The molecular formula is C40H55N5O9S. The maximum absolute atomic E-state index is 15.0. The zero-order valence-electron chi connectivity index (χ0n) is 32.8. The van der Waals surface area contributed by atoms with Gasteiger partial charge in [0.25, 0.3) is 5.91 Å². The van der Waals surface area contributed by atoms with Gasteiger partial charge in [-0.3, -0.25) is 24.0 Å². The summed E-state index contributed by atoms with van der Waals surface area (Å²) in [6.45, 7) is 13.0. The molecule has 3 N–H and O–H groups in total. The average molecular weight is 782 g/mol. The number of pyridine rings is 1. The minimum Gasteiger partial charge on any atom is -0.491 e. The second-order valence-corrected chi connectivity index (χ2v) is 19.1. The topological polar surface area (TPSA) is 185 Å². The Hall–Kier alpha value is -4.40. The molecule has 1 aromatic heterocycles. The molecule has 0 bridgehead atoms. The zero-order chi connectivity index (χ0) is 40.0. The van der Waals surface area contributed by atoms with Crippen LogP contribution in [0.1, 0.15) is 93.4 Å². The van der Waals surface area contributed by atoms with Crippen LogP contribution in [0.3, 0.4) is 0 Å². The minimum atomic E-state index is -3.91. The molecular weight excluding hydrogens is 727 g/mol. The summed E-state index contributed by atoms with van der Waals surface area (Å²) in [7, 11) is -3.91. The highest BCUT2D eigenvalue weighted by atomic mass is 32.2. The lowest BCUT2D eigenvalue weighted by molar-refractivity contribution is -0.146. The quantitative estimate of drug-likeness (QED) is 0.308. The van der Waals surface area contributed by atoms with Crippen LogP contribution >= 0.6 is 0 Å². The molecule has 55 heavy (non-hydrogen) atoms. The highest BCUT2D eigenvalue weighted by molar-refractivity contribution is 7.91. The summed E-state index contributed by atoms with van der Waals surface area (Å²) < 4.78 is 40.4. The van der Waals surface area contributed by atoms with Gasteiger partial charge in [0.2, 0.25) is 27.7 Å². The van der Waals surface area contributed by atoms with E-state index >= 15 is 4.79 Å². The van der Waals surface area contributed by atoms with Crippen molar-refractivity contribution in [2.45, 2.75) is 134 Å². The first-order valence-electron chi connectivity index (χ1n) is 19.4. The van der Waals surface area contributed by atoms with Crippen molar-refractivity contribution in [1.29, 1.82) is 0 Å². The Bertz CT molecular complexity index is 1960. The minimum absolute atomic E-state index is 0.0167. The van der Waals surface area contributed by atoms with Crippen LogP contribution in [0.4, 0.5) is 4.79 Å². The molecule has 2 aliphatic heterocycles. The van der Waals surface area contributed by atoms with Crippen LogP contribution in [0.5, 0.6) is 11.6 Å². The molecule has 3 heterocycles. The lowest BCUT2D eigenvalue weighted by Crippen LogP contribution is -2.62. The number of carboxylic acid groups (broad SMARTS) is 1. The number of aromatic nitrogens is 1. The van der Waals surface area contributed by atoms with Crippen molar-refractivity contribution >= 4 is 44.6 Å². The molecule has 300 valence electrons. The van der Waals surface area contributed by atoms with Crippen molar-refractivity contribution in [2.24, 2.45) is 17.8 Å². The Morgan fingerprint density at radius 2 is 1.84 bits per heavy atom. The van der Waals surface area contributed by atoms with E-state index in [1.807, 2.05) is 57.2 Å². The van der Waals surface area contributed by atoms with Gasteiger partial charge in [0.1, 0.15) is 29.5 Å². The fraction of sp³-hybridized carbons (Fsp3) is 0.625. The van der Waals surface area contributed by atoms with Crippen LogP contribution in [-0.4, -0.2) is 99.3 Å². The van der Waals surface area contributed by atoms with Gasteiger partial charge in [0.05, 0.1) is 17.9 Å². The van der Waals surface area contributed by atoms with Crippen LogP contribution in [0.25, 0.3) is 10.8 Å². The Labute approximate surface area is 323 Å². The van der Waals surface area contributed by atoms with Crippen molar-refractivity contribution < 1.29 is 42.2 Å². The van der Waals surface area contributed by atoms with Crippen molar-refractivity contribution in [3.05, 3.63) is 42.6 Å². The van der Waals surface area contributed by atoms with Crippen LogP contribution in [0.2, 0.25) is 0 Å². The number of amides is 4. The number of allylic oxidation sites excluding steroid dienone is 1. The molecule has 0 spiro atoms. The number of carbonyl (C=O) groups is 4. The summed E-state index contributed by atoms with van der Waals surface area (Å²) in [5.41, 5.74) is -2.50. The first-order valence-corrected chi connectivity index (χ1v) is 20.9. The average Bonchev–Trinajstić information content (AvgIpc) is 4.01. The van der Waals surface area contributed by atoms with E-state index in [4.69, 9.17) is 9.47 Å². The van der Waals surface area contributed by atoms with Crippen molar-refractivity contribution in [3.8, 4) is 11.6 Å². The predicted molar refractivity (Wildman–Crippen MR) is 206 cm³/mol. The summed E-state index contributed by atoms with van der Waals surface area (Å²) in [6, 6.07) is 5.07. The van der Waals surface area contributed by atoms with Gasteiger partial charge >= 0.3 is 6.09 Å². The number of sulfonamides is 1. The third-order valence-corrected chi connectivity index (χ3v) is 12.9. The fourth-order valence-corrected chi connectivity index (χ4v) is 9.56. The van der Waals surface area contributed by atoms with Gasteiger partial charge in [0.15, 0.2) is 0 Å². The van der Waals surface area contributed by atoms with Gasteiger partial charge in [0, 0.05) is 29.5 Å². The predicted octanol–water partition coefficient (Wildman–Crippen LogP) is 5.01. The Balaban J connectivity index is 1.38. The number of rotatable bonds is 8. The number of hydrogen-bond acceptors (Lipinski definition) is 9. The van der Waals surface area contributed by atoms with Crippen molar-refractivity contribution in [2.75, 3.05) is 6.54 Å². The van der Waals surface area contributed by atoms with Crippen LogP contribution < -0.4 is 19.5 Å². The number of carbonyl (C=O) groups excluding carboxylic acids is 3. The summed E-state index contributed by atoms with van der Waals surface area (Å²) >= 11 is 0. The van der Waals surface area contributed by atoms with Crippen molar-refractivity contribution in [1.82, 2.24) is 24.8 Å². The molecule has 1 aromatic carbocycles. The molecule has 2 aromatic rings. The summed E-state index contributed by atoms with van der Waals surface area (Å²) in [5.74, 6) is -1.78. The molecule has 7 atom stereocenters. The molecule has 2 saturated carbocycles. The van der Waals surface area contributed by atoms with E-state index in [1.54, 1.807) is 27.0 Å². The maximum atomic E-state index is 15.0. The van der Waals surface area contributed by atoms with Gasteiger partial charge in [-0.15, -0.1) is 0 Å². The molecule has 15 heteroatoms. The van der Waals surface area contributed by atoms with Crippen LogP contribution in [-0.2, 0) is 24.4 Å². The summed E-state index contributed by atoms with van der Waals surface area (Å²) in [6.07, 6.45) is 6.47. The first-order chi connectivity index (χ1) is 25.8. The van der Waals surface area contributed by atoms with E-state index in [9.17, 15) is 27.9 Å². The molecule has 4 amide bonds. The molecule has 2 aliphatic carbocycles. The molecule has 0 unspecified atom stereocenters.